The molecule has 12 nitrogen and oxygen atoms in total. The van der Waals surface area contributed by atoms with E-state index in [0.717, 1.165) is 33.9 Å². The fourth-order valence-electron chi connectivity index (χ4n) is 11.4. The maximum absolute atomic E-state index is 4.50. The van der Waals surface area contributed by atoms with Gasteiger partial charge in [0.15, 0.2) is 20.9 Å². The van der Waals surface area contributed by atoms with Crippen molar-refractivity contribution in [2.45, 2.75) is 97.5 Å². The van der Waals surface area contributed by atoms with E-state index in [1.54, 1.807) is 0 Å². The minimum atomic E-state index is -0.794. The SMILES string of the molecule is C1=C\CC/C=C\CC/1.C1=C\CC/C=C\CC/1.C1=C\CC/C=C\CC/1.C[BH-](n1ccc2cccnc21)n1ccc2cccnc21.C[BH-](n1ccc2cccnc21)n1ccc2cccnc21.C[BH-](n1ccc2cccnc21)n1ccc2cccnc21.[Rh].[Rh].[Rh]. The fraction of sp³-hybridized carbons (Fsp3) is 0.217. The molecule has 12 heterocycles. The predicted octanol–water partition coefficient (Wildman–Crippen LogP) is 15.9. The average Bonchev–Trinajstić information content (AvgIpc) is 3.78. The zero-order chi connectivity index (χ0) is 57.6. The van der Waals surface area contributed by atoms with Crippen molar-refractivity contribution in [3.63, 3.8) is 0 Å². The summed E-state index contributed by atoms with van der Waals surface area (Å²) in [6.07, 6.45) is 65.8. The van der Waals surface area contributed by atoms with Crippen molar-refractivity contribution >= 4 is 87.1 Å². The first-order valence-electron chi connectivity index (χ1n) is 30.7. The number of hydrogen-bond donors (Lipinski definition) is 0. The van der Waals surface area contributed by atoms with E-state index < -0.39 is 20.9 Å². The van der Waals surface area contributed by atoms with Crippen LogP contribution in [0.25, 0.3) is 66.2 Å². The van der Waals surface area contributed by atoms with Crippen molar-refractivity contribution in [1.82, 2.24) is 56.8 Å². The summed E-state index contributed by atoms with van der Waals surface area (Å²) in [6, 6.07) is 37.1. The molecule has 0 amide bonds. The van der Waals surface area contributed by atoms with E-state index in [1.165, 1.54) is 109 Å². The van der Waals surface area contributed by atoms with Crippen LogP contribution in [0.15, 0.2) is 256 Å². The van der Waals surface area contributed by atoms with Crippen LogP contribution in [0, 0.1) is 0 Å². The van der Waals surface area contributed by atoms with Crippen molar-refractivity contribution in [3.8, 4) is 0 Å². The van der Waals surface area contributed by atoms with Crippen molar-refractivity contribution in [3.05, 3.63) is 256 Å². The maximum atomic E-state index is 4.50. The number of nitrogens with zero attached hydrogens (tertiary/aromatic N) is 12. The molecule has 0 unspecified atom stereocenters. The Bertz CT molecular complexity index is 3460. The first-order chi connectivity index (χ1) is 41.5. The van der Waals surface area contributed by atoms with E-state index in [0.29, 0.717) is 0 Å². The summed E-state index contributed by atoms with van der Waals surface area (Å²) in [7, 11) is 0. The molecule has 0 spiro atoms. The van der Waals surface area contributed by atoms with Gasteiger partial charge in [0.25, 0.3) is 0 Å². The van der Waals surface area contributed by atoms with Crippen LogP contribution < -0.4 is 0 Å². The molecule has 0 N–H and O–H groups in total. The molecule has 3 aliphatic rings. The van der Waals surface area contributed by atoms with E-state index >= 15 is 0 Å². The second-order valence-electron chi connectivity index (χ2n) is 21.8. The third kappa shape index (κ3) is 17.9. The molecule has 0 aliphatic heterocycles. The summed E-state index contributed by atoms with van der Waals surface area (Å²) in [6.45, 7) is 4.33. The van der Waals surface area contributed by atoms with Gasteiger partial charge in [-0.2, -0.15) is 20.5 Å². The summed E-state index contributed by atoms with van der Waals surface area (Å²) < 4.78 is 13.5. The Morgan fingerprint density at radius 2 is 0.368 bits per heavy atom. The predicted molar refractivity (Wildman–Crippen MR) is 360 cm³/mol. The summed E-state index contributed by atoms with van der Waals surface area (Å²) in [5.74, 6) is 0. The standard InChI is InChI=1S/3C15H14BN4.3C8H12.3Rh/c3*1-16(19-10-6-12-4-2-8-17-14(12)19)20-11-7-13-5-3-9-18-15(13)20;3*1-2-4-6-8-7-5-3-1;;;/h3*2-11,16H,1H3;3*1-2,7-8H,3-6H2;;;/q3*-1;;;;;;/b;;;3*2-1-,8-7-;;;. The first kappa shape index (κ1) is 67.2. The topological polar surface area (TPSA) is 107 Å². The van der Waals surface area contributed by atoms with Crippen LogP contribution in [-0.4, -0.2) is 77.7 Å². The van der Waals surface area contributed by atoms with Crippen LogP contribution in [0.5, 0.6) is 0 Å². The Morgan fingerprint density at radius 3 is 0.506 bits per heavy atom. The van der Waals surface area contributed by atoms with Gasteiger partial charge in [-0.25, -0.2) is 29.9 Å². The normalized spacial score (nSPS) is 15.8. The number of pyridine rings is 6. The van der Waals surface area contributed by atoms with Crippen molar-refractivity contribution in [1.29, 1.82) is 0 Å². The second-order valence-corrected chi connectivity index (χ2v) is 21.8. The van der Waals surface area contributed by atoms with Crippen LogP contribution in [0.1, 0.15) is 77.0 Å². The van der Waals surface area contributed by atoms with Crippen molar-refractivity contribution < 1.29 is 58.4 Å². The van der Waals surface area contributed by atoms with Crippen molar-refractivity contribution in [2.75, 3.05) is 0 Å². The van der Waals surface area contributed by atoms with E-state index in [1.807, 2.05) is 73.6 Å². The zero-order valence-electron chi connectivity index (χ0n) is 50.2. The Labute approximate surface area is 552 Å². The molecule has 0 aromatic carbocycles. The Hall–Kier alpha value is -7.36. The third-order valence-electron chi connectivity index (χ3n) is 16.1. The molecule has 0 saturated carbocycles. The van der Waals surface area contributed by atoms with E-state index in [4.69, 9.17) is 0 Å². The smallest absolute Gasteiger partial charge is 0.174 e. The van der Waals surface area contributed by atoms with Gasteiger partial charge in [0.05, 0.1) is 0 Å². The van der Waals surface area contributed by atoms with Crippen LogP contribution in [-0.2, 0) is 58.4 Å². The Morgan fingerprint density at radius 1 is 0.230 bits per heavy atom. The minimum absolute atomic E-state index is 0. The molecule has 0 bridgehead atoms. The molecule has 12 aromatic heterocycles. The molecule has 12 aromatic rings. The van der Waals surface area contributed by atoms with Gasteiger partial charge in [0.2, 0.25) is 0 Å². The molecule has 18 heteroatoms. The van der Waals surface area contributed by atoms with Crippen LogP contribution in [0.4, 0.5) is 0 Å². The second kappa shape index (κ2) is 35.5. The summed E-state index contributed by atoms with van der Waals surface area (Å²) in [5, 5.41) is 7.06. The van der Waals surface area contributed by atoms with Crippen LogP contribution in [0.2, 0.25) is 20.5 Å². The number of allylic oxidation sites excluding steroid dienone is 12. The van der Waals surface area contributed by atoms with Gasteiger partial charge in [0, 0.05) is 128 Å². The first-order valence-corrected chi connectivity index (χ1v) is 30.7. The van der Waals surface area contributed by atoms with Gasteiger partial charge in [-0.3, -0.25) is 0 Å². The number of aromatic nitrogens is 12. The molecule has 0 atom stereocenters. The molecule has 3 aliphatic carbocycles. The van der Waals surface area contributed by atoms with E-state index in [2.05, 4.69) is 260 Å². The fourth-order valence-corrected chi connectivity index (χ4v) is 11.4. The van der Waals surface area contributed by atoms with Crippen LogP contribution >= 0.6 is 0 Å². The molecule has 3 radical (unpaired) electrons. The van der Waals surface area contributed by atoms with Gasteiger partial charge in [0.1, 0.15) is 33.9 Å². The Kier molecular flexibility index (Phi) is 27.4. The van der Waals surface area contributed by atoms with Gasteiger partial charge >= 0.3 is 0 Å². The van der Waals surface area contributed by atoms with Crippen LogP contribution in [0.3, 0.4) is 0 Å². The minimum Gasteiger partial charge on any atom is -0.491 e. The molecule has 453 valence electrons. The quantitative estimate of drug-likeness (QED) is 0.121. The van der Waals surface area contributed by atoms with Gasteiger partial charge in [-0.15, -0.1) is 0 Å². The molecule has 15 rings (SSSR count). The largest absolute Gasteiger partial charge is 0.491 e. The monoisotopic (exact) mass is 1420 g/mol. The van der Waals surface area contributed by atoms with Gasteiger partial charge < -0.3 is 26.9 Å². The van der Waals surface area contributed by atoms with Crippen molar-refractivity contribution in [2.24, 2.45) is 0 Å². The van der Waals surface area contributed by atoms with Gasteiger partial charge in [-0.05, 0) is 223 Å². The van der Waals surface area contributed by atoms with E-state index in [9.17, 15) is 0 Å². The molecular weight excluding hydrogens is 1340 g/mol. The molecule has 0 fully saturated rings. The third-order valence-corrected chi connectivity index (χ3v) is 16.1. The molecular formula is C69H78B3N12Rh3-3. The van der Waals surface area contributed by atoms with E-state index in [-0.39, 0.29) is 58.4 Å². The summed E-state index contributed by atoms with van der Waals surface area (Å²) in [5.41, 5.74) is 6.21. The molecule has 87 heavy (non-hydrogen) atoms. The Balaban J connectivity index is 0.000000155. The summed E-state index contributed by atoms with van der Waals surface area (Å²) >= 11 is 0. The number of fused-ring (bicyclic) bond motifs is 6. The number of hydrogen-bond acceptors (Lipinski definition) is 6. The maximum Gasteiger partial charge on any atom is 0.174 e. The summed E-state index contributed by atoms with van der Waals surface area (Å²) in [4.78, 5) is 27.0. The number of rotatable bonds is 6. The zero-order valence-corrected chi connectivity index (χ0v) is 55.1. The van der Waals surface area contributed by atoms with Gasteiger partial charge in [-0.1, -0.05) is 72.9 Å². The average molecular weight is 1420 g/mol. The molecule has 0 saturated heterocycles.